The molecule has 1 unspecified atom stereocenters. The second-order valence-electron chi connectivity index (χ2n) is 7.50. The number of phenols is 1. The lowest BCUT2D eigenvalue weighted by Gasteiger charge is -2.23. The van der Waals surface area contributed by atoms with Crippen LogP contribution in [0.2, 0.25) is 0 Å². The van der Waals surface area contributed by atoms with Gasteiger partial charge in [0.1, 0.15) is 5.75 Å². The van der Waals surface area contributed by atoms with Gasteiger partial charge in [0.25, 0.3) is 0 Å². The van der Waals surface area contributed by atoms with E-state index in [1.54, 1.807) is 12.1 Å². The van der Waals surface area contributed by atoms with Gasteiger partial charge in [0.05, 0.1) is 0 Å². The Kier molecular flexibility index (Phi) is 6.07. The van der Waals surface area contributed by atoms with Gasteiger partial charge >= 0.3 is 6.03 Å². The molecule has 0 aliphatic rings. The quantitative estimate of drug-likeness (QED) is 0.730. The summed E-state index contributed by atoms with van der Waals surface area (Å²) in [7, 11) is 0. The van der Waals surface area contributed by atoms with Crippen molar-refractivity contribution in [1.29, 1.82) is 0 Å². The van der Waals surface area contributed by atoms with Crippen molar-refractivity contribution in [3.05, 3.63) is 59.7 Å². The van der Waals surface area contributed by atoms with Crippen molar-refractivity contribution < 1.29 is 9.90 Å². The highest BCUT2D eigenvalue weighted by molar-refractivity contribution is 5.90. The Morgan fingerprint density at radius 3 is 2.36 bits per heavy atom. The van der Waals surface area contributed by atoms with E-state index in [9.17, 15) is 9.90 Å². The first-order valence-corrected chi connectivity index (χ1v) is 8.70. The monoisotopic (exact) mass is 340 g/mol. The molecular formula is C21H28N2O2. The van der Waals surface area contributed by atoms with Crippen molar-refractivity contribution in [2.45, 2.75) is 52.0 Å². The Hall–Kier alpha value is -2.49. The number of hydrogen-bond donors (Lipinski definition) is 3. The van der Waals surface area contributed by atoms with Crippen molar-refractivity contribution in [2.75, 3.05) is 5.32 Å². The Balaban J connectivity index is 1.89. The fourth-order valence-electron chi connectivity index (χ4n) is 2.75. The third kappa shape index (κ3) is 5.82. The number of phenolic OH excluding ortho intramolecular Hbond substituents is 1. The molecule has 0 heterocycles. The number of hydrogen-bond acceptors (Lipinski definition) is 2. The van der Waals surface area contributed by atoms with E-state index < -0.39 is 0 Å². The maximum Gasteiger partial charge on any atom is 0.319 e. The molecule has 0 bridgehead atoms. The number of amides is 2. The molecule has 4 heteroatoms. The lowest BCUT2D eigenvalue weighted by molar-refractivity contribution is 0.248. The van der Waals surface area contributed by atoms with Gasteiger partial charge in [0.2, 0.25) is 0 Å². The molecule has 0 radical (unpaired) electrons. The molecule has 2 amide bonds. The Morgan fingerprint density at radius 1 is 1.08 bits per heavy atom. The maximum absolute atomic E-state index is 12.3. The first-order chi connectivity index (χ1) is 11.8. The standard InChI is InChI=1S/C21H28N2O2/c1-15(9-10-16-11-13-17(24)14-12-16)22-20(25)23-19-8-6-5-7-18(19)21(2,3)4/h5-8,11-15,24H,9-10H2,1-4H3,(H2,22,23,25). The minimum Gasteiger partial charge on any atom is -0.508 e. The predicted molar refractivity (Wildman–Crippen MR) is 103 cm³/mol. The zero-order valence-electron chi connectivity index (χ0n) is 15.5. The highest BCUT2D eigenvalue weighted by atomic mass is 16.3. The number of nitrogens with one attached hydrogen (secondary N) is 2. The number of rotatable bonds is 5. The fourth-order valence-corrected chi connectivity index (χ4v) is 2.75. The molecule has 0 fully saturated rings. The number of benzene rings is 2. The number of para-hydroxylation sites is 1. The van der Waals surface area contributed by atoms with E-state index in [0.717, 1.165) is 29.7 Å². The lowest BCUT2D eigenvalue weighted by atomic mass is 9.86. The summed E-state index contributed by atoms with van der Waals surface area (Å²) in [5.74, 6) is 0.270. The Labute approximate surface area is 150 Å². The van der Waals surface area contributed by atoms with Crippen LogP contribution >= 0.6 is 0 Å². The zero-order chi connectivity index (χ0) is 18.4. The second-order valence-corrected chi connectivity index (χ2v) is 7.50. The van der Waals surface area contributed by atoms with Crippen molar-refractivity contribution >= 4 is 11.7 Å². The summed E-state index contributed by atoms with van der Waals surface area (Å²) in [6.45, 7) is 8.39. The summed E-state index contributed by atoms with van der Waals surface area (Å²) >= 11 is 0. The van der Waals surface area contributed by atoms with Gasteiger partial charge in [-0.3, -0.25) is 0 Å². The maximum atomic E-state index is 12.3. The van der Waals surface area contributed by atoms with E-state index in [2.05, 4.69) is 31.4 Å². The molecule has 0 saturated heterocycles. The predicted octanol–water partition coefficient (Wildman–Crippen LogP) is 4.83. The van der Waals surface area contributed by atoms with Gasteiger partial charge in [-0.1, -0.05) is 51.1 Å². The van der Waals surface area contributed by atoms with E-state index >= 15 is 0 Å². The van der Waals surface area contributed by atoms with Crippen LogP contribution in [0.4, 0.5) is 10.5 Å². The molecule has 2 aromatic carbocycles. The van der Waals surface area contributed by atoms with E-state index in [-0.39, 0.29) is 23.2 Å². The summed E-state index contributed by atoms with van der Waals surface area (Å²) in [4.78, 5) is 12.3. The number of carbonyl (C=O) groups is 1. The summed E-state index contributed by atoms with van der Waals surface area (Å²) in [5.41, 5.74) is 3.07. The van der Waals surface area contributed by atoms with Crippen molar-refractivity contribution in [3.63, 3.8) is 0 Å². The van der Waals surface area contributed by atoms with Crippen LogP contribution < -0.4 is 10.6 Å². The van der Waals surface area contributed by atoms with Gasteiger partial charge in [-0.25, -0.2) is 4.79 Å². The van der Waals surface area contributed by atoms with Crippen LogP contribution in [0, 0.1) is 0 Å². The summed E-state index contributed by atoms with van der Waals surface area (Å²) in [6.07, 6.45) is 1.68. The molecule has 0 spiro atoms. The van der Waals surface area contributed by atoms with Crippen LogP contribution in [-0.4, -0.2) is 17.2 Å². The SMILES string of the molecule is CC(CCc1ccc(O)cc1)NC(=O)Nc1ccccc1C(C)(C)C. The van der Waals surface area contributed by atoms with Gasteiger partial charge < -0.3 is 15.7 Å². The zero-order valence-corrected chi connectivity index (χ0v) is 15.5. The largest absolute Gasteiger partial charge is 0.508 e. The first-order valence-electron chi connectivity index (χ1n) is 8.70. The van der Waals surface area contributed by atoms with E-state index in [1.165, 1.54) is 0 Å². The van der Waals surface area contributed by atoms with Crippen LogP contribution in [0.3, 0.4) is 0 Å². The van der Waals surface area contributed by atoms with Crippen molar-refractivity contribution in [2.24, 2.45) is 0 Å². The molecule has 2 aromatic rings. The third-order valence-electron chi connectivity index (χ3n) is 4.16. The average molecular weight is 340 g/mol. The minimum absolute atomic E-state index is 0.0334. The normalized spacial score (nSPS) is 12.5. The average Bonchev–Trinajstić information content (AvgIpc) is 2.53. The van der Waals surface area contributed by atoms with Crippen LogP contribution in [0.15, 0.2) is 48.5 Å². The third-order valence-corrected chi connectivity index (χ3v) is 4.16. The van der Waals surface area contributed by atoms with Gasteiger partial charge in [0.15, 0.2) is 0 Å². The highest BCUT2D eigenvalue weighted by Gasteiger charge is 2.18. The van der Waals surface area contributed by atoms with Gasteiger partial charge in [0, 0.05) is 11.7 Å². The summed E-state index contributed by atoms with van der Waals surface area (Å²) in [5, 5.41) is 15.3. The Bertz CT molecular complexity index is 703. The van der Waals surface area contributed by atoms with Crippen LogP contribution in [0.1, 0.15) is 45.2 Å². The second kappa shape index (κ2) is 8.06. The molecule has 0 aliphatic heterocycles. The van der Waals surface area contributed by atoms with E-state index in [0.29, 0.717) is 0 Å². The molecular weight excluding hydrogens is 312 g/mol. The lowest BCUT2D eigenvalue weighted by Crippen LogP contribution is -2.36. The number of carbonyl (C=O) groups excluding carboxylic acids is 1. The van der Waals surface area contributed by atoms with Gasteiger partial charge in [-0.05, 0) is 54.5 Å². The molecule has 2 rings (SSSR count). The first kappa shape index (κ1) is 18.8. The van der Waals surface area contributed by atoms with Gasteiger partial charge in [-0.2, -0.15) is 0 Å². The smallest absolute Gasteiger partial charge is 0.319 e. The molecule has 134 valence electrons. The van der Waals surface area contributed by atoms with Crippen LogP contribution in [-0.2, 0) is 11.8 Å². The minimum atomic E-state index is -0.185. The molecule has 0 aromatic heterocycles. The van der Waals surface area contributed by atoms with Crippen molar-refractivity contribution in [3.8, 4) is 5.75 Å². The number of urea groups is 1. The van der Waals surface area contributed by atoms with Crippen LogP contribution in [0.25, 0.3) is 0 Å². The fraction of sp³-hybridized carbons (Fsp3) is 0.381. The number of aromatic hydroxyl groups is 1. The van der Waals surface area contributed by atoms with Crippen LogP contribution in [0.5, 0.6) is 5.75 Å². The molecule has 0 aliphatic carbocycles. The summed E-state index contributed by atoms with van der Waals surface area (Å²) < 4.78 is 0. The molecule has 4 nitrogen and oxygen atoms in total. The number of aryl methyl sites for hydroxylation is 1. The highest BCUT2D eigenvalue weighted by Crippen LogP contribution is 2.29. The molecule has 1 atom stereocenters. The number of anilines is 1. The topological polar surface area (TPSA) is 61.4 Å². The van der Waals surface area contributed by atoms with Crippen molar-refractivity contribution in [1.82, 2.24) is 5.32 Å². The molecule has 0 saturated carbocycles. The molecule has 3 N–H and O–H groups in total. The van der Waals surface area contributed by atoms with E-state index in [1.807, 2.05) is 43.3 Å². The molecule has 25 heavy (non-hydrogen) atoms. The Morgan fingerprint density at radius 2 is 1.72 bits per heavy atom. The van der Waals surface area contributed by atoms with E-state index in [4.69, 9.17) is 0 Å². The summed E-state index contributed by atoms with van der Waals surface area (Å²) in [6, 6.07) is 14.9. The van der Waals surface area contributed by atoms with Gasteiger partial charge in [-0.15, -0.1) is 0 Å².